The number of phenolic OH excluding ortho intramolecular Hbond substituents is 1. The predicted molar refractivity (Wildman–Crippen MR) is 70.8 cm³/mol. The minimum Gasteiger partial charge on any atom is -0.507 e. The average Bonchev–Trinajstić information content (AvgIpc) is 2.35. The molecule has 0 radical (unpaired) electrons. The second kappa shape index (κ2) is 5.67. The highest BCUT2D eigenvalue weighted by Crippen LogP contribution is 2.26. The summed E-state index contributed by atoms with van der Waals surface area (Å²) in [5.74, 6) is -0.892. The number of carbonyl (C=O) groups is 1. The van der Waals surface area contributed by atoms with E-state index in [-0.39, 0.29) is 17.1 Å². The second-order valence-electron chi connectivity index (χ2n) is 5.10. The minimum atomic E-state index is -0.480. The van der Waals surface area contributed by atoms with Crippen molar-refractivity contribution in [1.82, 2.24) is 9.80 Å². The van der Waals surface area contributed by atoms with Crippen LogP contribution in [0.1, 0.15) is 22.8 Å². The van der Waals surface area contributed by atoms with Gasteiger partial charge in [-0.1, -0.05) is 0 Å². The third-order valence-corrected chi connectivity index (χ3v) is 3.52. The normalized spacial score (nSPS) is 17.6. The Bertz CT molecular complexity index is 483. The number of hydrogen-bond acceptors (Lipinski definition) is 4. The average molecular weight is 266 g/mol. The molecule has 1 aromatic carbocycles. The Morgan fingerprint density at radius 3 is 2.53 bits per heavy atom. The van der Waals surface area contributed by atoms with E-state index in [9.17, 15) is 14.3 Å². The number of benzene rings is 1. The van der Waals surface area contributed by atoms with Crippen LogP contribution in [0.4, 0.5) is 4.39 Å². The molecule has 1 N–H and O–H groups in total. The fourth-order valence-electron chi connectivity index (χ4n) is 2.29. The first-order valence-corrected chi connectivity index (χ1v) is 6.40. The highest BCUT2D eigenvalue weighted by atomic mass is 19.1. The first kappa shape index (κ1) is 14.0. The van der Waals surface area contributed by atoms with Crippen LogP contribution in [0.5, 0.6) is 5.75 Å². The smallest absolute Gasteiger partial charge is 0.163 e. The molecule has 19 heavy (non-hydrogen) atoms. The van der Waals surface area contributed by atoms with Gasteiger partial charge in [-0.2, -0.15) is 0 Å². The van der Waals surface area contributed by atoms with E-state index in [2.05, 4.69) is 16.8 Å². The second-order valence-corrected chi connectivity index (χ2v) is 5.10. The third kappa shape index (κ3) is 3.30. The number of Topliss-reactive ketones (excluding diaryl/α,β-unsaturated/α-hetero) is 1. The van der Waals surface area contributed by atoms with Gasteiger partial charge in [-0.3, -0.25) is 9.69 Å². The first-order valence-electron chi connectivity index (χ1n) is 6.40. The van der Waals surface area contributed by atoms with Crippen molar-refractivity contribution in [2.45, 2.75) is 13.5 Å². The number of carbonyl (C=O) groups excluding carboxylic acids is 1. The van der Waals surface area contributed by atoms with E-state index in [4.69, 9.17) is 0 Å². The zero-order valence-electron chi connectivity index (χ0n) is 11.3. The summed E-state index contributed by atoms with van der Waals surface area (Å²) >= 11 is 0. The Balaban J connectivity index is 2.18. The molecule has 1 aromatic rings. The zero-order chi connectivity index (χ0) is 14.0. The van der Waals surface area contributed by atoms with Crippen LogP contribution in [0, 0.1) is 5.82 Å². The molecule has 4 nitrogen and oxygen atoms in total. The first-order chi connectivity index (χ1) is 8.97. The van der Waals surface area contributed by atoms with Crippen LogP contribution in [0.2, 0.25) is 0 Å². The Morgan fingerprint density at radius 2 is 1.95 bits per heavy atom. The van der Waals surface area contributed by atoms with Crippen LogP contribution in [0.25, 0.3) is 0 Å². The molecule has 0 spiro atoms. The molecule has 0 bridgehead atoms. The van der Waals surface area contributed by atoms with Gasteiger partial charge in [-0.25, -0.2) is 4.39 Å². The predicted octanol–water partition coefficient (Wildman–Crippen LogP) is 1.48. The van der Waals surface area contributed by atoms with Gasteiger partial charge < -0.3 is 10.0 Å². The molecular formula is C14H19FN2O2. The van der Waals surface area contributed by atoms with E-state index in [0.29, 0.717) is 12.1 Å². The van der Waals surface area contributed by atoms with Gasteiger partial charge in [0.25, 0.3) is 0 Å². The molecule has 1 heterocycles. The van der Waals surface area contributed by atoms with E-state index in [0.717, 1.165) is 32.2 Å². The number of nitrogens with zero attached hydrogens (tertiary/aromatic N) is 2. The number of hydrogen-bond donors (Lipinski definition) is 1. The standard InChI is InChI=1S/C14H19FN2O2/c1-10(18)13-8-12(15)7-11(14(13)19)9-17-5-3-16(2)4-6-17/h7-8,19H,3-6,9H2,1-2H3. The number of piperazine rings is 1. The Hall–Kier alpha value is -1.46. The molecule has 1 fully saturated rings. The highest BCUT2D eigenvalue weighted by molar-refractivity contribution is 5.97. The summed E-state index contributed by atoms with van der Waals surface area (Å²) < 4.78 is 13.5. The summed E-state index contributed by atoms with van der Waals surface area (Å²) in [6.07, 6.45) is 0. The monoisotopic (exact) mass is 266 g/mol. The highest BCUT2D eigenvalue weighted by Gasteiger charge is 2.18. The lowest BCUT2D eigenvalue weighted by Gasteiger charge is -2.32. The van der Waals surface area contributed by atoms with E-state index < -0.39 is 5.82 Å². The maximum atomic E-state index is 13.5. The van der Waals surface area contributed by atoms with E-state index in [1.165, 1.54) is 13.0 Å². The third-order valence-electron chi connectivity index (χ3n) is 3.52. The lowest BCUT2D eigenvalue weighted by Crippen LogP contribution is -2.43. The number of halogens is 1. The van der Waals surface area contributed by atoms with Gasteiger partial charge in [0.05, 0.1) is 5.56 Å². The largest absolute Gasteiger partial charge is 0.507 e. The lowest BCUT2D eigenvalue weighted by atomic mass is 10.0. The van der Waals surface area contributed by atoms with Crippen LogP contribution in [0.3, 0.4) is 0 Å². The Kier molecular flexibility index (Phi) is 4.17. The van der Waals surface area contributed by atoms with E-state index in [1.807, 2.05) is 0 Å². The van der Waals surface area contributed by atoms with Gasteiger partial charge in [-0.15, -0.1) is 0 Å². The summed E-state index contributed by atoms with van der Waals surface area (Å²) in [6.45, 7) is 5.46. The summed E-state index contributed by atoms with van der Waals surface area (Å²) in [6, 6.07) is 2.39. The number of likely N-dealkylation sites (N-methyl/N-ethyl adjacent to an activating group) is 1. The Morgan fingerprint density at radius 1 is 1.32 bits per heavy atom. The molecule has 1 aliphatic heterocycles. The van der Waals surface area contributed by atoms with Gasteiger partial charge in [0.15, 0.2) is 5.78 Å². The topological polar surface area (TPSA) is 43.8 Å². The molecule has 2 rings (SSSR count). The van der Waals surface area contributed by atoms with E-state index >= 15 is 0 Å². The molecule has 0 aliphatic carbocycles. The molecule has 0 aromatic heterocycles. The zero-order valence-corrected chi connectivity index (χ0v) is 11.3. The maximum absolute atomic E-state index is 13.5. The maximum Gasteiger partial charge on any atom is 0.163 e. The quantitative estimate of drug-likeness (QED) is 0.842. The van der Waals surface area contributed by atoms with Crippen LogP contribution < -0.4 is 0 Å². The number of ketones is 1. The van der Waals surface area contributed by atoms with Crippen molar-refractivity contribution < 1.29 is 14.3 Å². The summed E-state index contributed by atoms with van der Waals surface area (Å²) in [5, 5.41) is 10.0. The van der Waals surface area contributed by atoms with Gasteiger partial charge in [0.1, 0.15) is 11.6 Å². The summed E-state index contributed by atoms with van der Waals surface area (Å²) in [7, 11) is 2.06. The lowest BCUT2D eigenvalue weighted by molar-refractivity contribution is 0.101. The van der Waals surface area contributed by atoms with Crippen LogP contribution >= 0.6 is 0 Å². The van der Waals surface area contributed by atoms with Crippen LogP contribution in [-0.4, -0.2) is 53.9 Å². The molecule has 1 aliphatic rings. The van der Waals surface area contributed by atoms with Crippen molar-refractivity contribution in [3.05, 3.63) is 29.1 Å². The molecule has 1 saturated heterocycles. The number of phenols is 1. The molecule has 5 heteroatoms. The summed E-state index contributed by atoms with van der Waals surface area (Å²) in [4.78, 5) is 15.7. The van der Waals surface area contributed by atoms with Crippen molar-refractivity contribution in [3.63, 3.8) is 0 Å². The molecular weight excluding hydrogens is 247 g/mol. The van der Waals surface area contributed by atoms with Crippen LogP contribution in [0.15, 0.2) is 12.1 Å². The van der Waals surface area contributed by atoms with Gasteiger partial charge >= 0.3 is 0 Å². The number of aromatic hydroxyl groups is 1. The van der Waals surface area contributed by atoms with Crippen molar-refractivity contribution >= 4 is 5.78 Å². The van der Waals surface area contributed by atoms with Crippen molar-refractivity contribution in [3.8, 4) is 5.75 Å². The minimum absolute atomic E-state index is 0.0594. The molecule has 0 saturated carbocycles. The fraction of sp³-hybridized carbons (Fsp3) is 0.500. The molecule has 104 valence electrons. The summed E-state index contributed by atoms with van der Waals surface area (Å²) in [5.41, 5.74) is 0.541. The Labute approximate surface area is 112 Å². The van der Waals surface area contributed by atoms with Crippen molar-refractivity contribution in [2.75, 3.05) is 33.2 Å². The molecule has 0 unspecified atom stereocenters. The van der Waals surface area contributed by atoms with Gasteiger partial charge in [0.2, 0.25) is 0 Å². The SMILES string of the molecule is CC(=O)c1cc(F)cc(CN2CCN(C)CC2)c1O. The van der Waals surface area contributed by atoms with Gasteiger partial charge in [0, 0.05) is 38.3 Å². The molecule has 0 amide bonds. The van der Waals surface area contributed by atoms with Crippen molar-refractivity contribution in [2.24, 2.45) is 0 Å². The number of rotatable bonds is 3. The van der Waals surface area contributed by atoms with Crippen molar-refractivity contribution in [1.29, 1.82) is 0 Å². The molecule has 0 atom stereocenters. The van der Waals surface area contributed by atoms with E-state index in [1.54, 1.807) is 0 Å². The van der Waals surface area contributed by atoms with Gasteiger partial charge in [-0.05, 0) is 26.1 Å². The van der Waals surface area contributed by atoms with Crippen LogP contribution in [-0.2, 0) is 6.54 Å². The fourth-order valence-corrected chi connectivity index (χ4v) is 2.29.